The first kappa shape index (κ1) is 15.0. The molecule has 19 heavy (non-hydrogen) atoms. The number of alkyl halides is 3. The molecule has 0 radical (unpaired) electrons. The lowest BCUT2D eigenvalue weighted by Crippen LogP contribution is -2.30. The zero-order chi connectivity index (χ0) is 14.5. The van der Waals surface area contributed by atoms with Gasteiger partial charge in [-0.15, -0.1) is 13.2 Å². The van der Waals surface area contributed by atoms with Crippen molar-refractivity contribution in [2.24, 2.45) is 0 Å². The summed E-state index contributed by atoms with van der Waals surface area (Å²) in [6.45, 7) is 1.31. The van der Waals surface area contributed by atoms with Gasteiger partial charge in [0.1, 0.15) is 5.75 Å². The molecular weight excluding hydrogens is 263 g/mol. The summed E-state index contributed by atoms with van der Waals surface area (Å²) in [6.07, 6.45) is -4.77. The van der Waals surface area contributed by atoms with Crippen LogP contribution in [0.15, 0.2) is 24.3 Å². The number of rotatable bonds is 5. The molecule has 1 aromatic carbocycles. The van der Waals surface area contributed by atoms with Crippen molar-refractivity contribution in [2.75, 3.05) is 0 Å². The van der Waals surface area contributed by atoms with E-state index in [9.17, 15) is 22.8 Å². The Kier molecular flexibility index (Phi) is 4.91. The molecule has 1 rings (SSSR count). The molecule has 1 aromatic rings. The number of Topliss-reactive ketones (excluding diaryl/α,β-unsaturated/α-hetero) is 1. The Hall–Kier alpha value is -2.05. The Morgan fingerprint density at radius 2 is 1.89 bits per heavy atom. The number of halogens is 3. The third kappa shape index (κ3) is 4.99. The van der Waals surface area contributed by atoms with Crippen molar-refractivity contribution in [2.45, 2.75) is 26.3 Å². The topological polar surface area (TPSA) is 55.4 Å². The molecule has 0 heterocycles. The fraction of sp³-hybridized carbons (Fsp3) is 0.333. The van der Waals surface area contributed by atoms with E-state index in [1.165, 1.54) is 25.1 Å². The molecule has 0 atom stereocenters. The number of hydrogen-bond donors (Lipinski definition) is 1. The highest BCUT2D eigenvalue weighted by molar-refractivity contribution is 6.36. The van der Waals surface area contributed by atoms with Crippen LogP contribution in [0.25, 0.3) is 0 Å². The SMILES string of the molecule is CCC(=O)C(=O)NCc1ccccc1OC(F)(F)F. The van der Waals surface area contributed by atoms with Crippen LogP contribution >= 0.6 is 0 Å². The minimum atomic E-state index is -4.81. The summed E-state index contributed by atoms with van der Waals surface area (Å²) in [5.41, 5.74) is 0.136. The van der Waals surface area contributed by atoms with Crippen LogP contribution in [-0.2, 0) is 16.1 Å². The van der Waals surface area contributed by atoms with Crippen molar-refractivity contribution >= 4 is 11.7 Å². The lowest BCUT2D eigenvalue weighted by Gasteiger charge is -2.13. The van der Waals surface area contributed by atoms with Crippen molar-refractivity contribution in [1.29, 1.82) is 0 Å². The zero-order valence-electron chi connectivity index (χ0n) is 10.1. The van der Waals surface area contributed by atoms with Crippen LogP contribution < -0.4 is 10.1 Å². The van der Waals surface area contributed by atoms with Gasteiger partial charge in [0.2, 0.25) is 5.78 Å². The van der Waals surface area contributed by atoms with Crippen LogP contribution in [0.3, 0.4) is 0 Å². The van der Waals surface area contributed by atoms with E-state index < -0.39 is 23.8 Å². The lowest BCUT2D eigenvalue weighted by molar-refractivity contribution is -0.274. The zero-order valence-corrected chi connectivity index (χ0v) is 10.1. The first-order valence-corrected chi connectivity index (χ1v) is 5.48. The molecule has 104 valence electrons. The minimum Gasteiger partial charge on any atom is -0.405 e. The van der Waals surface area contributed by atoms with Crippen molar-refractivity contribution in [3.05, 3.63) is 29.8 Å². The molecule has 0 aliphatic rings. The molecule has 0 bridgehead atoms. The predicted molar refractivity (Wildman–Crippen MR) is 60.3 cm³/mol. The highest BCUT2D eigenvalue weighted by atomic mass is 19.4. The number of para-hydroxylation sites is 1. The fourth-order valence-corrected chi connectivity index (χ4v) is 1.31. The molecular formula is C12H12F3NO3. The Morgan fingerprint density at radius 3 is 2.47 bits per heavy atom. The second-order valence-electron chi connectivity index (χ2n) is 3.61. The largest absolute Gasteiger partial charge is 0.573 e. The van der Waals surface area contributed by atoms with Crippen LogP contribution in [0.5, 0.6) is 5.75 Å². The number of amides is 1. The molecule has 1 N–H and O–H groups in total. The molecule has 0 aromatic heterocycles. The van der Waals surface area contributed by atoms with Crippen LogP contribution in [0.4, 0.5) is 13.2 Å². The monoisotopic (exact) mass is 275 g/mol. The van der Waals surface area contributed by atoms with Crippen LogP contribution in [-0.4, -0.2) is 18.1 Å². The highest BCUT2D eigenvalue weighted by Gasteiger charge is 2.32. The summed E-state index contributed by atoms with van der Waals surface area (Å²) in [4.78, 5) is 22.2. The first-order valence-electron chi connectivity index (χ1n) is 5.48. The summed E-state index contributed by atoms with van der Waals surface area (Å²) in [7, 11) is 0. The Morgan fingerprint density at radius 1 is 1.26 bits per heavy atom. The number of ketones is 1. The van der Waals surface area contributed by atoms with Crippen LogP contribution in [0.1, 0.15) is 18.9 Å². The van der Waals surface area contributed by atoms with Gasteiger partial charge in [0.15, 0.2) is 0 Å². The van der Waals surface area contributed by atoms with E-state index >= 15 is 0 Å². The maximum absolute atomic E-state index is 12.1. The fourth-order valence-electron chi connectivity index (χ4n) is 1.31. The van der Waals surface area contributed by atoms with Gasteiger partial charge in [0.05, 0.1) is 0 Å². The number of ether oxygens (including phenoxy) is 1. The third-order valence-electron chi connectivity index (χ3n) is 2.21. The van der Waals surface area contributed by atoms with Crippen LogP contribution in [0.2, 0.25) is 0 Å². The van der Waals surface area contributed by atoms with Gasteiger partial charge in [0, 0.05) is 18.5 Å². The second kappa shape index (κ2) is 6.21. The average molecular weight is 275 g/mol. The Labute approximate surface area is 107 Å². The average Bonchev–Trinajstić information content (AvgIpc) is 2.34. The molecule has 0 unspecified atom stereocenters. The molecule has 4 nitrogen and oxygen atoms in total. The van der Waals surface area contributed by atoms with E-state index in [1.54, 1.807) is 0 Å². The van der Waals surface area contributed by atoms with Gasteiger partial charge in [0.25, 0.3) is 5.91 Å². The third-order valence-corrected chi connectivity index (χ3v) is 2.21. The van der Waals surface area contributed by atoms with Crippen LogP contribution in [0, 0.1) is 0 Å². The quantitative estimate of drug-likeness (QED) is 0.838. The van der Waals surface area contributed by atoms with E-state index in [0.29, 0.717) is 0 Å². The van der Waals surface area contributed by atoms with Gasteiger partial charge in [-0.05, 0) is 6.07 Å². The molecule has 1 amide bonds. The molecule has 0 aliphatic carbocycles. The van der Waals surface area contributed by atoms with Gasteiger partial charge in [-0.2, -0.15) is 0 Å². The molecule has 0 saturated carbocycles. The van der Waals surface area contributed by atoms with E-state index in [0.717, 1.165) is 6.07 Å². The first-order chi connectivity index (χ1) is 8.83. The Bertz CT molecular complexity index is 472. The standard InChI is InChI=1S/C12H12F3NO3/c1-2-9(17)11(18)16-7-8-5-3-4-6-10(8)19-12(13,14)15/h3-6H,2,7H2,1H3,(H,16,18). The smallest absolute Gasteiger partial charge is 0.405 e. The minimum absolute atomic E-state index is 0.0343. The summed E-state index contributed by atoms with van der Waals surface area (Å²) in [5.74, 6) is -1.86. The van der Waals surface area contributed by atoms with Gasteiger partial charge in [-0.25, -0.2) is 0 Å². The summed E-state index contributed by atoms with van der Waals surface area (Å²) in [6, 6.07) is 5.39. The van der Waals surface area contributed by atoms with Gasteiger partial charge in [-0.3, -0.25) is 9.59 Å². The Balaban J connectivity index is 2.73. The van der Waals surface area contributed by atoms with Crippen molar-refractivity contribution in [1.82, 2.24) is 5.32 Å². The molecule has 0 aliphatic heterocycles. The number of hydrogen-bond acceptors (Lipinski definition) is 3. The lowest BCUT2D eigenvalue weighted by atomic mass is 10.2. The van der Waals surface area contributed by atoms with E-state index in [1.807, 2.05) is 0 Å². The number of nitrogens with one attached hydrogen (secondary N) is 1. The van der Waals surface area contributed by atoms with Crippen molar-refractivity contribution in [3.8, 4) is 5.75 Å². The summed E-state index contributed by atoms with van der Waals surface area (Å²) >= 11 is 0. The van der Waals surface area contributed by atoms with E-state index in [4.69, 9.17) is 0 Å². The predicted octanol–water partition coefficient (Wildman–Crippen LogP) is 2.18. The summed E-state index contributed by atoms with van der Waals surface area (Å²) < 4.78 is 40.2. The molecule has 7 heteroatoms. The van der Waals surface area contributed by atoms with Crippen molar-refractivity contribution < 1.29 is 27.5 Å². The highest BCUT2D eigenvalue weighted by Crippen LogP contribution is 2.25. The van der Waals surface area contributed by atoms with Gasteiger partial charge >= 0.3 is 6.36 Å². The van der Waals surface area contributed by atoms with E-state index in [-0.39, 0.29) is 18.5 Å². The van der Waals surface area contributed by atoms with Gasteiger partial charge < -0.3 is 10.1 Å². The normalized spacial score (nSPS) is 10.9. The molecule has 0 spiro atoms. The van der Waals surface area contributed by atoms with Crippen molar-refractivity contribution in [3.63, 3.8) is 0 Å². The maximum Gasteiger partial charge on any atom is 0.573 e. The van der Waals surface area contributed by atoms with Gasteiger partial charge in [-0.1, -0.05) is 25.1 Å². The number of carbonyl (C=O) groups excluding carboxylic acids is 2. The van der Waals surface area contributed by atoms with E-state index in [2.05, 4.69) is 10.1 Å². The summed E-state index contributed by atoms with van der Waals surface area (Å²) in [5, 5.41) is 2.24. The molecule has 0 fully saturated rings. The second-order valence-corrected chi connectivity index (χ2v) is 3.61. The maximum atomic E-state index is 12.1. The number of carbonyl (C=O) groups is 2. The number of benzene rings is 1. The molecule has 0 saturated heterocycles.